The van der Waals surface area contributed by atoms with Crippen LogP contribution in [0.3, 0.4) is 0 Å². The van der Waals surface area contributed by atoms with Crippen LogP contribution < -0.4 is 4.57 Å². The lowest BCUT2D eigenvalue weighted by Gasteiger charge is -2.13. The number of H-pyrrole nitrogens is 1. The molecule has 0 aromatic carbocycles. The molecule has 2 nitrogen and oxygen atoms in total. The van der Waals surface area contributed by atoms with Crippen LogP contribution in [0.5, 0.6) is 0 Å². The third-order valence-electron chi connectivity index (χ3n) is 5.83. The molecule has 0 spiro atoms. The van der Waals surface area contributed by atoms with Crippen molar-refractivity contribution in [1.29, 1.82) is 0 Å². The fourth-order valence-corrected chi connectivity index (χ4v) is 4.12. The predicted octanol–water partition coefficient (Wildman–Crippen LogP) is 7.69. The van der Waals surface area contributed by atoms with Gasteiger partial charge in [-0.15, -0.1) is 0 Å². The summed E-state index contributed by atoms with van der Waals surface area (Å²) in [5.41, 5.74) is 0. The molecule has 0 aliphatic carbocycles. The SMILES string of the molecule is CCCCCCCCCCCCC[C@H](CCCCC)c1[nH]cc[n+]1CC. The fraction of sp³-hybridized carbons (Fsp3) is 0.875. The number of nitrogens with one attached hydrogen (secondary N) is 1. The van der Waals surface area contributed by atoms with Crippen LogP contribution >= 0.6 is 0 Å². The number of nitrogens with zero attached hydrogens (tertiary/aromatic N) is 1. The molecule has 1 N–H and O–H groups in total. The summed E-state index contributed by atoms with van der Waals surface area (Å²) in [6.07, 6.45) is 26.9. The monoisotopic (exact) mass is 363 g/mol. The van der Waals surface area contributed by atoms with Crippen LogP contribution in [-0.4, -0.2) is 4.98 Å². The molecule has 2 heteroatoms. The predicted molar refractivity (Wildman–Crippen MR) is 115 cm³/mol. The molecular formula is C24H47N2+. The molecule has 26 heavy (non-hydrogen) atoms. The summed E-state index contributed by atoms with van der Waals surface area (Å²) in [6.45, 7) is 7.94. The number of imidazole rings is 1. The summed E-state index contributed by atoms with van der Waals surface area (Å²) in [4.78, 5) is 3.54. The molecule has 0 unspecified atom stereocenters. The van der Waals surface area contributed by atoms with E-state index < -0.39 is 0 Å². The molecule has 1 heterocycles. The molecule has 0 saturated carbocycles. The zero-order valence-electron chi connectivity index (χ0n) is 18.2. The van der Waals surface area contributed by atoms with E-state index in [1.165, 1.54) is 109 Å². The maximum absolute atomic E-state index is 3.54. The lowest BCUT2D eigenvalue weighted by atomic mass is 9.93. The maximum Gasteiger partial charge on any atom is 0.257 e. The van der Waals surface area contributed by atoms with Gasteiger partial charge < -0.3 is 0 Å². The van der Waals surface area contributed by atoms with Gasteiger partial charge in [-0.3, -0.25) is 0 Å². The van der Waals surface area contributed by atoms with Crippen molar-refractivity contribution >= 4 is 0 Å². The van der Waals surface area contributed by atoms with Crippen molar-refractivity contribution in [3.8, 4) is 0 Å². The van der Waals surface area contributed by atoms with Crippen LogP contribution in [0.1, 0.15) is 135 Å². The zero-order valence-corrected chi connectivity index (χ0v) is 18.2. The van der Waals surface area contributed by atoms with Gasteiger partial charge in [-0.05, 0) is 19.8 Å². The van der Waals surface area contributed by atoms with Gasteiger partial charge >= 0.3 is 0 Å². The van der Waals surface area contributed by atoms with Crippen LogP contribution in [0.25, 0.3) is 0 Å². The van der Waals surface area contributed by atoms with E-state index in [2.05, 4.69) is 42.7 Å². The summed E-state index contributed by atoms with van der Waals surface area (Å²) in [6, 6.07) is 0. The second kappa shape index (κ2) is 16.4. The zero-order chi connectivity index (χ0) is 18.9. The van der Waals surface area contributed by atoms with Gasteiger partial charge in [0.05, 0.1) is 12.5 Å². The Morgan fingerprint density at radius 2 is 1.15 bits per heavy atom. The molecule has 0 bridgehead atoms. The lowest BCUT2D eigenvalue weighted by molar-refractivity contribution is -0.701. The van der Waals surface area contributed by atoms with E-state index in [1.54, 1.807) is 0 Å². The average Bonchev–Trinajstić information content (AvgIpc) is 3.13. The van der Waals surface area contributed by atoms with E-state index in [0.29, 0.717) is 0 Å². The minimum absolute atomic E-state index is 0.732. The second-order valence-electron chi connectivity index (χ2n) is 8.15. The smallest absolute Gasteiger partial charge is 0.247 e. The number of hydrogen-bond acceptors (Lipinski definition) is 0. The topological polar surface area (TPSA) is 19.7 Å². The molecule has 1 aromatic heterocycles. The molecule has 1 rings (SSSR count). The summed E-state index contributed by atoms with van der Waals surface area (Å²) in [5, 5.41) is 0. The highest BCUT2D eigenvalue weighted by Gasteiger charge is 2.21. The molecule has 1 atom stereocenters. The molecule has 0 aliphatic heterocycles. The Labute approximate surface area is 164 Å². The highest BCUT2D eigenvalue weighted by atomic mass is 15.1. The van der Waals surface area contributed by atoms with Crippen molar-refractivity contribution in [2.24, 2.45) is 0 Å². The van der Waals surface area contributed by atoms with Gasteiger partial charge in [0.25, 0.3) is 5.82 Å². The first-order chi connectivity index (χ1) is 12.8. The first kappa shape index (κ1) is 23.2. The van der Waals surface area contributed by atoms with Crippen LogP contribution in [0, 0.1) is 0 Å². The highest BCUT2D eigenvalue weighted by Crippen LogP contribution is 2.25. The minimum atomic E-state index is 0.732. The molecule has 0 radical (unpaired) electrons. The van der Waals surface area contributed by atoms with Gasteiger partial charge in [0.15, 0.2) is 0 Å². The average molecular weight is 364 g/mol. The Morgan fingerprint density at radius 1 is 0.692 bits per heavy atom. The Balaban J connectivity index is 2.15. The Hall–Kier alpha value is -0.790. The van der Waals surface area contributed by atoms with E-state index >= 15 is 0 Å². The largest absolute Gasteiger partial charge is 0.257 e. The molecule has 0 saturated heterocycles. The van der Waals surface area contributed by atoms with Crippen molar-refractivity contribution in [1.82, 2.24) is 4.98 Å². The first-order valence-corrected chi connectivity index (χ1v) is 11.9. The Bertz CT molecular complexity index is 410. The standard InChI is InChI=1S/C24H46N2/c1-4-7-9-10-11-12-13-14-15-16-18-20-23(19-17-8-5-2)24-25-21-22-26(24)6-3/h21-23H,4-20H2,1-3H3/p+1/t23-/m0/s1. The van der Waals surface area contributed by atoms with Gasteiger partial charge in [0.1, 0.15) is 12.4 Å². The van der Waals surface area contributed by atoms with Crippen LogP contribution in [0.15, 0.2) is 12.4 Å². The number of unbranched alkanes of at least 4 members (excludes halogenated alkanes) is 12. The molecule has 1 aromatic rings. The van der Waals surface area contributed by atoms with Crippen molar-refractivity contribution in [2.45, 2.75) is 136 Å². The van der Waals surface area contributed by atoms with E-state index in [-0.39, 0.29) is 0 Å². The molecule has 152 valence electrons. The van der Waals surface area contributed by atoms with Gasteiger partial charge in [-0.1, -0.05) is 104 Å². The third kappa shape index (κ3) is 10.4. The van der Waals surface area contributed by atoms with Crippen LogP contribution in [-0.2, 0) is 6.54 Å². The van der Waals surface area contributed by atoms with Crippen molar-refractivity contribution < 1.29 is 4.57 Å². The number of hydrogen-bond donors (Lipinski definition) is 1. The van der Waals surface area contributed by atoms with Crippen LogP contribution in [0.4, 0.5) is 0 Å². The second-order valence-corrected chi connectivity index (χ2v) is 8.15. The summed E-state index contributed by atoms with van der Waals surface area (Å²) < 4.78 is 2.41. The Morgan fingerprint density at radius 3 is 1.69 bits per heavy atom. The van der Waals surface area contributed by atoms with Crippen molar-refractivity contribution in [2.75, 3.05) is 0 Å². The third-order valence-corrected chi connectivity index (χ3v) is 5.83. The number of aryl methyl sites for hydroxylation is 1. The maximum atomic E-state index is 3.54. The molecule has 0 amide bonds. The van der Waals surface area contributed by atoms with Crippen LogP contribution in [0.2, 0.25) is 0 Å². The molecular weight excluding hydrogens is 316 g/mol. The van der Waals surface area contributed by atoms with Crippen molar-refractivity contribution in [3.63, 3.8) is 0 Å². The van der Waals surface area contributed by atoms with Gasteiger partial charge in [-0.2, -0.15) is 0 Å². The van der Waals surface area contributed by atoms with E-state index in [0.717, 1.165) is 12.5 Å². The van der Waals surface area contributed by atoms with E-state index in [9.17, 15) is 0 Å². The number of aromatic nitrogens is 2. The number of rotatable bonds is 18. The Kier molecular flexibility index (Phi) is 14.7. The van der Waals surface area contributed by atoms with E-state index in [1.807, 2.05) is 0 Å². The molecule has 0 aliphatic rings. The summed E-state index contributed by atoms with van der Waals surface area (Å²) in [7, 11) is 0. The summed E-state index contributed by atoms with van der Waals surface area (Å²) >= 11 is 0. The van der Waals surface area contributed by atoms with E-state index in [4.69, 9.17) is 0 Å². The highest BCUT2D eigenvalue weighted by molar-refractivity contribution is 4.89. The van der Waals surface area contributed by atoms with Gasteiger partial charge in [0, 0.05) is 0 Å². The normalized spacial score (nSPS) is 12.6. The first-order valence-electron chi connectivity index (χ1n) is 11.9. The van der Waals surface area contributed by atoms with Crippen molar-refractivity contribution in [3.05, 3.63) is 18.2 Å². The minimum Gasteiger partial charge on any atom is -0.247 e. The van der Waals surface area contributed by atoms with Gasteiger partial charge in [0.2, 0.25) is 0 Å². The molecule has 0 fully saturated rings. The summed E-state index contributed by atoms with van der Waals surface area (Å²) in [5.74, 6) is 2.20. The fourth-order valence-electron chi connectivity index (χ4n) is 4.12. The lowest BCUT2D eigenvalue weighted by Crippen LogP contribution is -2.36. The quantitative estimate of drug-likeness (QED) is 0.204. The number of aromatic amines is 1. The van der Waals surface area contributed by atoms with Gasteiger partial charge in [-0.25, -0.2) is 9.55 Å².